The summed E-state index contributed by atoms with van der Waals surface area (Å²) in [4.78, 5) is 2.93. The summed E-state index contributed by atoms with van der Waals surface area (Å²) in [6, 6.07) is 3.84. The van der Waals surface area contributed by atoms with Gasteiger partial charge in [-0.1, -0.05) is 0 Å². The zero-order valence-corrected chi connectivity index (χ0v) is 8.77. The minimum absolute atomic E-state index is 0.534. The molecule has 1 aromatic heterocycles. The number of hydrazone groups is 1. The standard InChI is InChI=1S/C9H12N4S/c1-2-11-9(14)13-12-7-8-3-5-10-6-4-8/h3-7H,2H2,1H3,(H2,11,13,14)/p+1. The second-order valence-corrected chi connectivity index (χ2v) is 2.97. The molecule has 0 fully saturated rings. The van der Waals surface area contributed by atoms with Crippen molar-refractivity contribution in [3.63, 3.8) is 0 Å². The molecular weight excluding hydrogens is 196 g/mol. The number of aromatic amines is 1. The van der Waals surface area contributed by atoms with Gasteiger partial charge in [0.15, 0.2) is 17.5 Å². The van der Waals surface area contributed by atoms with Crippen molar-refractivity contribution in [2.75, 3.05) is 6.54 Å². The Morgan fingerprint density at radius 3 is 2.93 bits per heavy atom. The Kier molecular flexibility index (Phi) is 4.57. The van der Waals surface area contributed by atoms with E-state index in [1.807, 2.05) is 31.5 Å². The van der Waals surface area contributed by atoms with Crippen LogP contribution in [0.25, 0.3) is 0 Å². The highest BCUT2D eigenvalue weighted by atomic mass is 32.1. The number of pyridine rings is 1. The second-order valence-electron chi connectivity index (χ2n) is 2.56. The van der Waals surface area contributed by atoms with Gasteiger partial charge >= 0.3 is 0 Å². The van der Waals surface area contributed by atoms with Crippen LogP contribution in [-0.2, 0) is 0 Å². The van der Waals surface area contributed by atoms with Crippen molar-refractivity contribution in [1.82, 2.24) is 10.7 Å². The first-order valence-electron chi connectivity index (χ1n) is 4.36. The van der Waals surface area contributed by atoms with Crippen LogP contribution in [0.1, 0.15) is 12.5 Å². The Balaban J connectivity index is 2.38. The van der Waals surface area contributed by atoms with Crippen LogP contribution in [0.15, 0.2) is 29.6 Å². The normalized spacial score (nSPS) is 10.1. The summed E-state index contributed by atoms with van der Waals surface area (Å²) in [6.07, 6.45) is 5.38. The maximum atomic E-state index is 4.93. The van der Waals surface area contributed by atoms with E-state index in [4.69, 9.17) is 12.2 Å². The number of rotatable bonds is 3. The Labute approximate surface area is 88.4 Å². The van der Waals surface area contributed by atoms with E-state index in [1.165, 1.54) is 0 Å². The first kappa shape index (κ1) is 10.6. The van der Waals surface area contributed by atoms with Gasteiger partial charge in [-0.3, -0.25) is 5.43 Å². The van der Waals surface area contributed by atoms with E-state index in [1.54, 1.807) is 6.21 Å². The molecule has 0 saturated carbocycles. The molecule has 74 valence electrons. The number of thiocarbonyl (C=S) groups is 1. The molecule has 1 aromatic rings. The zero-order chi connectivity index (χ0) is 10.2. The third-order valence-corrected chi connectivity index (χ3v) is 1.70. The van der Waals surface area contributed by atoms with Crippen LogP contribution in [0.3, 0.4) is 0 Å². The molecule has 0 radical (unpaired) electrons. The van der Waals surface area contributed by atoms with E-state index in [9.17, 15) is 0 Å². The summed E-state index contributed by atoms with van der Waals surface area (Å²) in [5, 5.41) is 7.43. The maximum absolute atomic E-state index is 4.93. The Bertz CT molecular complexity index is 310. The largest absolute Gasteiger partial charge is 0.362 e. The van der Waals surface area contributed by atoms with Crippen molar-refractivity contribution in [3.8, 4) is 0 Å². The minimum atomic E-state index is 0.534. The molecule has 0 atom stereocenters. The average Bonchev–Trinajstić information content (AvgIpc) is 2.20. The van der Waals surface area contributed by atoms with Crippen molar-refractivity contribution >= 4 is 23.5 Å². The van der Waals surface area contributed by atoms with Crippen LogP contribution < -0.4 is 15.7 Å². The SMILES string of the molecule is CCNC(=S)NN=Cc1cc[nH+]cc1. The van der Waals surface area contributed by atoms with E-state index in [2.05, 4.69) is 20.8 Å². The van der Waals surface area contributed by atoms with E-state index in [0.29, 0.717) is 5.11 Å². The molecule has 0 aromatic carbocycles. The number of H-pyrrole nitrogens is 1. The van der Waals surface area contributed by atoms with Crippen LogP contribution in [-0.4, -0.2) is 17.9 Å². The second kappa shape index (κ2) is 6.04. The lowest BCUT2D eigenvalue weighted by atomic mass is 10.3. The summed E-state index contributed by atoms with van der Waals surface area (Å²) in [6.45, 7) is 2.77. The lowest BCUT2D eigenvalue weighted by Crippen LogP contribution is -2.31. The fourth-order valence-electron chi connectivity index (χ4n) is 0.851. The quantitative estimate of drug-likeness (QED) is 0.428. The Morgan fingerprint density at radius 1 is 1.57 bits per heavy atom. The molecule has 3 N–H and O–H groups in total. The molecule has 14 heavy (non-hydrogen) atoms. The minimum Gasteiger partial charge on any atom is -0.362 e. The average molecular weight is 209 g/mol. The molecule has 0 aliphatic heterocycles. The first-order valence-corrected chi connectivity index (χ1v) is 4.76. The predicted molar refractivity (Wildman–Crippen MR) is 60.0 cm³/mol. The molecule has 5 heteroatoms. The number of hydrogen-bond acceptors (Lipinski definition) is 2. The van der Waals surface area contributed by atoms with Gasteiger partial charge in [0.25, 0.3) is 0 Å². The van der Waals surface area contributed by atoms with E-state index < -0.39 is 0 Å². The van der Waals surface area contributed by atoms with Gasteiger partial charge in [0.1, 0.15) is 0 Å². The van der Waals surface area contributed by atoms with Crippen LogP contribution >= 0.6 is 12.2 Å². The predicted octanol–water partition coefficient (Wildman–Crippen LogP) is 0.319. The molecule has 0 amide bonds. The number of hydrogen-bond donors (Lipinski definition) is 2. The van der Waals surface area contributed by atoms with Crippen molar-refractivity contribution in [2.24, 2.45) is 5.10 Å². The summed E-state index contributed by atoms with van der Waals surface area (Å²) in [7, 11) is 0. The van der Waals surface area contributed by atoms with Crippen molar-refractivity contribution < 1.29 is 4.98 Å². The van der Waals surface area contributed by atoms with Crippen molar-refractivity contribution in [2.45, 2.75) is 6.92 Å². The van der Waals surface area contributed by atoms with Gasteiger partial charge < -0.3 is 5.32 Å². The van der Waals surface area contributed by atoms with Gasteiger partial charge in [-0.25, -0.2) is 4.98 Å². The third-order valence-electron chi connectivity index (χ3n) is 1.46. The van der Waals surface area contributed by atoms with Gasteiger partial charge in [0.2, 0.25) is 0 Å². The molecule has 1 heterocycles. The topological polar surface area (TPSA) is 50.6 Å². The van der Waals surface area contributed by atoms with E-state index in [-0.39, 0.29) is 0 Å². The first-order chi connectivity index (χ1) is 6.83. The maximum Gasteiger partial charge on any atom is 0.186 e. The third kappa shape index (κ3) is 3.95. The smallest absolute Gasteiger partial charge is 0.186 e. The highest BCUT2D eigenvalue weighted by molar-refractivity contribution is 7.80. The summed E-state index contributed by atoms with van der Waals surface area (Å²) < 4.78 is 0. The van der Waals surface area contributed by atoms with Crippen LogP contribution in [0, 0.1) is 0 Å². The summed E-state index contributed by atoms with van der Waals surface area (Å²) in [5.41, 5.74) is 3.72. The fourth-order valence-corrected chi connectivity index (χ4v) is 1.05. The van der Waals surface area contributed by atoms with Gasteiger partial charge in [0.05, 0.1) is 6.21 Å². The van der Waals surface area contributed by atoms with Crippen molar-refractivity contribution in [1.29, 1.82) is 0 Å². The Hall–Kier alpha value is -1.49. The molecule has 4 nitrogen and oxygen atoms in total. The van der Waals surface area contributed by atoms with E-state index >= 15 is 0 Å². The highest BCUT2D eigenvalue weighted by Gasteiger charge is 1.89. The molecule has 0 aliphatic rings. The molecule has 1 rings (SSSR count). The monoisotopic (exact) mass is 209 g/mol. The van der Waals surface area contributed by atoms with Gasteiger partial charge in [0, 0.05) is 24.2 Å². The zero-order valence-electron chi connectivity index (χ0n) is 7.95. The van der Waals surface area contributed by atoms with Gasteiger partial charge in [-0.2, -0.15) is 5.10 Å². The Morgan fingerprint density at radius 2 is 2.29 bits per heavy atom. The van der Waals surface area contributed by atoms with Crippen molar-refractivity contribution in [3.05, 3.63) is 30.1 Å². The van der Waals surface area contributed by atoms with Gasteiger partial charge in [-0.05, 0) is 19.1 Å². The molecule has 0 saturated heterocycles. The van der Waals surface area contributed by atoms with E-state index in [0.717, 1.165) is 12.1 Å². The lowest BCUT2D eigenvalue weighted by Gasteiger charge is -2.01. The molecule has 0 aliphatic carbocycles. The van der Waals surface area contributed by atoms with Gasteiger partial charge in [-0.15, -0.1) is 0 Å². The highest BCUT2D eigenvalue weighted by Crippen LogP contribution is 1.87. The molecule has 0 bridgehead atoms. The summed E-state index contributed by atoms with van der Waals surface area (Å²) >= 11 is 4.93. The fraction of sp³-hybridized carbons (Fsp3) is 0.222. The number of nitrogens with one attached hydrogen (secondary N) is 3. The van der Waals surface area contributed by atoms with Crippen LogP contribution in [0.2, 0.25) is 0 Å². The van der Waals surface area contributed by atoms with Crippen LogP contribution in [0.4, 0.5) is 0 Å². The molecule has 0 spiro atoms. The molecule has 0 unspecified atom stereocenters. The van der Waals surface area contributed by atoms with Crippen LogP contribution in [0.5, 0.6) is 0 Å². The number of aromatic nitrogens is 1. The summed E-state index contributed by atoms with van der Waals surface area (Å²) in [5.74, 6) is 0. The number of nitrogens with zero attached hydrogens (tertiary/aromatic N) is 1. The lowest BCUT2D eigenvalue weighted by molar-refractivity contribution is -0.378. The molecular formula is C9H13N4S+.